The fourth-order valence-corrected chi connectivity index (χ4v) is 3.75. The summed E-state index contributed by atoms with van der Waals surface area (Å²) >= 11 is 0. The number of carboxylic acid groups (broad SMARTS) is 1. The van der Waals surface area contributed by atoms with E-state index in [1.807, 2.05) is 11.0 Å². The van der Waals surface area contributed by atoms with Crippen LogP contribution < -0.4 is 0 Å². The van der Waals surface area contributed by atoms with Crippen LogP contribution in [-0.4, -0.2) is 58.1 Å². The van der Waals surface area contributed by atoms with Gasteiger partial charge in [0.15, 0.2) is 0 Å². The molecule has 2 saturated heterocycles. The number of hydrogen-bond acceptors (Lipinski definition) is 4. The topological polar surface area (TPSA) is 81.1 Å². The Labute approximate surface area is 134 Å². The van der Waals surface area contributed by atoms with Crippen LogP contribution in [-0.2, 0) is 16.1 Å². The summed E-state index contributed by atoms with van der Waals surface area (Å²) in [7, 11) is 0. The maximum absolute atomic E-state index is 12.5. The number of carbonyl (C=O) groups is 2. The molecule has 1 unspecified atom stereocenters. The van der Waals surface area contributed by atoms with Crippen LogP contribution in [0.1, 0.15) is 5.56 Å². The largest absolute Gasteiger partial charge is 0.508 e. The number of likely N-dealkylation sites (tertiary alicyclic amines) is 2. The van der Waals surface area contributed by atoms with Crippen molar-refractivity contribution in [3.05, 3.63) is 42.5 Å². The number of carboxylic acids is 1. The van der Waals surface area contributed by atoms with E-state index in [0.29, 0.717) is 26.2 Å². The lowest BCUT2D eigenvalue weighted by molar-refractivity contribution is -0.149. The number of nitrogens with zero attached hydrogens (tertiary/aromatic N) is 2. The third kappa shape index (κ3) is 2.59. The quantitative estimate of drug-likeness (QED) is 0.790. The first-order chi connectivity index (χ1) is 11.0. The average Bonchev–Trinajstić information content (AvgIpc) is 2.96. The molecule has 0 aromatic heterocycles. The number of benzene rings is 1. The smallest absolute Gasteiger partial charge is 0.313 e. The number of aliphatic carboxylic acids is 1. The molecule has 1 amide bonds. The van der Waals surface area contributed by atoms with Gasteiger partial charge in [0.25, 0.3) is 0 Å². The number of hydrogen-bond donors (Lipinski definition) is 2. The molecular weight excluding hydrogens is 296 g/mol. The summed E-state index contributed by atoms with van der Waals surface area (Å²) in [5.41, 5.74) is -0.141. The van der Waals surface area contributed by atoms with Crippen molar-refractivity contribution in [3.63, 3.8) is 0 Å². The number of carbonyl (C=O) groups excluding carboxylic acids is 1. The number of rotatable bonds is 5. The number of aromatic hydroxyl groups is 1. The molecule has 2 fully saturated rings. The van der Waals surface area contributed by atoms with E-state index < -0.39 is 17.3 Å². The van der Waals surface area contributed by atoms with Crippen molar-refractivity contribution >= 4 is 11.9 Å². The molecule has 0 radical (unpaired) electrons. The van der Waals surface area contributed by atoms with E-state index in [9.17, 15) is 19.8 Å². The van der Waals surface area contributed by atoms with Gasteiger partial charge in [-0.05, 0) is 17.7 Å². The van der Waals surface area contributed by atoms with Gasteiger partial charge in [0, 0.05) is 32.7 Å². The Bertz CT molecular complexity index is 660. The lowest BCUT2D eigenvalue weighted by Gasteiger charge is -2.24. The zero-order chi connectivity index (χ0) is 16.6. The van der Waals surface area contributed by atoms with Gasteiger partial charge < -0.3 is 15.1 Å². The molecule has 122 valence electrons. The van der Waals surface area contributed by atoms with Crippen molar-refractivity contribution in [2.75, 3.05) is 26.2 Å². The summed E-state index contributed by atoms with van der Waals surface area (Å²) in [6.07, 6.45) is 1.62. The van der Waals surface area contributed by atoms with Crippen LogP contribution in [0, 0.1) is 11.3 Å². The standard InChI is InChI=1S/C17H20N2O4/c1-2-6-19-11-17(16(22)23)10-18(9-14(17)15(19)21)8-12-4-3-5-13(20)7-12/h2-5,7,14,20H,1,6,8-11H2,(H,22,23)/t14?,17-/m0/s1. The Morgan fingerprint density at radius 1 is 1.43 bits per heavy atom. The summed E-state index contributed by atoms with van der Waals surface area (Å²) in [5.74, 6) is -1.35. The van der Waals surface area contributed by atoms with E-state index in [1.165, 1.54) is 0 Å². The summed E-state index contributed by atoms with van der Waals surface area (Å²) in [6, 6.07) is 6.89. The van der Waals surface area contributed by atoms with Crippen molar-refractivity contribution in [1.29, 1.82) is 0 Å². The Balaban J connectivity index is 1.79. The Morgan fingerprint density at radius 3 is 2.83 bits per heavy atom. The van der Waals surface area contributed by atoms with Crippen LogP contribution >= 0.6 is 0 Å². The number of phenols is 1. The number of fused-ring (bicyclic) bond motifs is 1. The van der Waals surface area contributed by atoms with Gasteiger partial charge in [-0.3, -0.25) is 14.5 Å². The summed E-state index contributed by atoms with van der Waals surface area (Å²) in [5, 5.41) is 19.3. The second-order valence-electron chi connectivity index (χ2n) is 6.36. The lowest BCUT2D eigenvalue weighted by Crippen LogP contribution is -2.40. The zero-order valence-corrected chi connectivity index (χ0v) is 12.8. The van der Waals surface area contributed by atoms with Crippen molar-refractivity contribution in [2.45, 2.75) is 6.54 Å². The van der Waals surface area contributed by atoms with Gasteiger partial charge in [-0.25, -0.2) is 0 Å². The molecule has 2 N–H and O–H groups in total. The van der Waals surface area contributed by atoms with Crippen LogP contribution in [0.3, 0.4) is 0 Å². The van der Waals surface area contributed by atoms with E-state index >= 15 is 0 Å². The summed E-state index contributed by atoms with van der Waals surface area (Å²) in [4.78, 5) is 27.9. The Morgan fingerprint density at radius 2 is 2.22 bits per heavy atom. The van der Waals surface area contributed by atoms with Crippen molar-refractivity contribution < 1.29 is 19.8 Å². The molecule has 0 aliphatic carbocycles. The molecule has 0 saturated carbocycles. The minimum absolute atomic E-state index is 0.106. The average molecular weight is 316 g/mol. The second-order valence-corrected chi connectivity index (χ2v) is 6.36. The molecule has 23 heavy (non-hydrogen) atoms. The third-order valence-corrected chi connectivity index (χ3v) is 4.79. The van der Waals surface area contributed by atoms with Gasteiger partial charge in [0.1, 0.15) is 11.2 Å². The van der Waals surface area contributed by atoms with Gasteiger partial charge in [-0.15, -0.1) is 6.58 Å². The maximum atomic E-state index is 12.5. The second kappa shape index (κ2) is 5.70. The molecular formula is C17H20N2O4. The molecule has 2 aliphatic heterocycles. The molecule has 2 aliphatic rings. The maximum Gasteiger partial charge on any atom is 0.313 e. The fraction of sp³-hybridized carbons (Fsp3) is 0.412. The first-order valence-electron chi connectivity index (χ1n) is 7.59. The van der Waals surface area contributed by atoms with E-state index in [1.54, 1.807) is 29.2 Å². The van der Waals surface area contributed by atoms with Crippen LogP contribution in [0.2, 0.25) is 0 Å². The van der Waals surface area contributed by atoms with Crippen LogP contribution in [0.5, 0.6) is 5.75 Å². The van der Waals surface area contributed by atoms with Crippen LogP contribution in [0.15, 0.2) is 36.9 Å². The SMILES string of the molecule is C=CCN1C[C@@]2(C(=O)O)CN(Cc3cccc(O)c3)CC2C1=O. The highest BCUT2D eigenvalue weighted by atomic mass is 16.4. The van der Waals surface area contributed by atoms with Crippen molar-refractivity contribution in [2.24, 2.45) is 11.3 Å². The van der Waals surface area contributed by atoms with Gasteiger partial charge in [0.2, 0.25) is 5.91 Å². The predicted molar refractivity (Wildman–Crippen MR) is 83.7 cm³/mol. The Hall–Kier alpha value is -2.34. The highest BCUT2D eigenvalue weighted by Gasteiger charge is 2.61. The Kier molecular flexibility index (Phi) is 3.85. The van der Waals surface area contributed by atoms with Gasteiger partial charge in [0.05, 0.1) is 5.92 Å². The van der Waals surface area contributed by atoms with Gasteiger partial charge >= 0.3 is 5.97 Å². The number of amides is 1. The molecule has 0 bridgehead atoms. The third-order valence-electron chi connectivity index (χ3n) is 4.79. The van der Waals surface area contributed by atoms with Crippen LogP contribution in [0.25, 0.3) is 0 Å². The molecule has 3 rings (SSSR count). The lowest BCUT2D eigenvalue weighted by atomic mass is 9.81. The van der Waals surface area contributed by atoms with Crippen molar-refractivity contribution in [3.8, 4) is 5.75 Å². The molecule has 2 atom stereocenters. The van der Waals surface area contributed by atoms with E-state index in [-0.39, 0.29) is 18.2 Å². The first kappa shape index (κ1) is 15.6. The molecule has 0 spiro atoms. The molecule has 1 aromatic rings. The summed E-state index contributed by atoms with van der Waals surface area (Å²) < 4.78 is 0. The van der Waals surface area contributed by atoms with E-state index in [0.717, 1.165) is 5.56 Å². The fourth-order valence-electron chi connectivity index (χ4n) is 3.75. The summed E-state index contributed by atoms with van der Waals surface area (Å²) in [6.45, 7) is 5.52. The molecule has 1 aromatic carbocycles. The highest BCUT2D eigenvalue weighted by Crippen LogP contribution is 2.44. The first-order valence-corrected chi connectivity index (χ1v) is 7.59. The minimum atomic E-state index is -1.04. The zero-order valence-electron chi connectivity index (χ0n) is 12.8. The van der Waals surface area contributed by atoms with E-state index in [4.69, 9.17) is 0 Å². The normalized spacial score (nSPS) is 27.2. The molecule has 6 heteroatoms. The molecule has 2 heterocycles. The predicted octanol–water partition coefficient (Wildman–Crippen LogP) is 0.923. The number of phenolic OH excluding ortho intramolecular Hbond substituents is 1. The highest BCUT2D eigenvalue weighted by molar-refractivity contribution is 5.92. The van der Waals surface area contributed by atoms with Crippen LogP contribution in [0.4, 0.5) is 0 Å². The van der Waals surface area contributed by atoms with Crippen molar-refractivity contribution in [1.82, 2.24) is 9.80 Å². The van der Waals surface area contributed by atoms with Gasteiger partial charge in [-0.1, -0.05) is 18.2 Å². The minimum Gasteiger partial charge on any atom is -0.508 e. The molecule has 6 nitrogen and oxygen atoms in total. The van der Waals surface area contributed by atoms with E-state index in [2.05, 4.69) is 6.58 Å². The van der Waals surface area contributed by atoms with Gasteiger partial charge in [-0.2, -0.15) is 0 Å². The monoisotopic (exact) mass is 316 g/mol.